The van der Waals surface area contributed by atoms with Gasteiger partial charge in [-0.15, -0.1) is 10.2 Å². The standard InChI is InChI=1S/C13H18N4O/c18-11-5-4-9-17-12(14-15-13(11)17)6-10-16-7-2-1-3-8-16/h4-5,9,18H,1-3,6-8,10H2. The summed E-state index contributed by atoms with van der Waals surface area (Å²) in [5.74, 6) is 1.11. The molecule has 0 bridgehead atoms. The van der Waals surface area contributed by atoms with E-state index in [0.717, 1.165) is 18.8 Å². The first-order chi connectivity index (χ1) is 8.84. The van der Waals surface area contributed by atoms with Gasteiger partial charge in [0.25, 0.3) is 0 Å². The van der Waals surface area contributed by atoms with Crippen LogP contribution in [0.5, 0.6) is 5.75 Å². The van der Waals surface area contributed by atoms with E-state index in [9.17, 15) is 5.11 Å². The lowest BCUT2D eigenvalue weighted by Gasteiger charge is -2.25. The molecule has 0 unspecified atom stereocenters. The Balaban J connectivity index is 1.72. The molecule has 0 saturated carbocycles. The fourth-order valence-corrected chi connectivity index (χ4v) is 2.56. The number of hydrogen-bond acceptors (Lipinski definition) is 4. The molecule has 3 heterocycles. The maximum absolute atomic E-state index is 9.67. The molecule has 1 aliphatic rings. The van der Waals surface area contributed by atoms with Gasteiger partial charge in [-0.25, -0.2) is 0 Å². The van der Waals surface area contributed by atoms with E-state index >= 15 is 0 Å². The van der Waals surface area contributed by atoms with E-state index < -0.39 is 0 Å². The number of rotatable bonds is 3. The fraction of sp³-hybridized carbons (Fsp3) is 0.538. The molecule has 2 aromatic heterocycles. The monoisotopic (exact) mass is 246 g/mol. The van der Waals surface area contributed by atoms with Crippen LogP contribution in [0.15, 0.2) is 18.3 Å². The molecule has 3 rings (SSSR count). The molecule has 0 amide bonds. The molecule has 0 radical (unpaired) electrons. The minimum atomic E-state index is 0.189. The molecule has 1 saturated heterocycles. The lowest BCUT2D eigenvalue weighted by molar-refractivity contribution is 0.230. The number of hydrogen-bond donors (Lipinski definition) is 1. The van der Waals surface area contributed by atoms with Crippen LogP contribution in [0.1, 0.15) is 25.1 Å². The molecule has 0 aromatic carbocycles. The van der Waals surface area contributed by atoms with Crippen molar-refractivity contribution in [2.45, 2.75) is 25.7 Å². The van der Waals surface area contributed by atoms with Crippen LogP contribution in [0.25, 0.3) is 5.65 Å². The van der Waals surface area contributed by atoms with E-state index in [2.05, 4.69) is 15.1 Å². The van der Waals surface area contributed by atoms with Gasteiger partial charge in [0.2, 0.25) is 5.65 Å². The number of aromatic nitrogens is 3. The third-order valence-electron chi connectivity index (χ3n) is 3.59. The number of aromatic hydroxyl groups is 1. The number of pyridine rings is 1. The van der Waals surface area contributed by atoms with E-state index in [-0.39, 0.29) is 5.75 Å². The highest BCUT2D eigenvalue weighted by Crippen LogP contribution is 2.16. The van der Waals surface area contributed by atoms with E-state index in [0.29, 0.717) is 5.65 Å². The van der Waals surface area contributed by atoms with Gasteiger partial charge in [-0.2, -0.15) is 0 Å². The highest BCUT2D eigenvalue weighted by Gasteiger charge is 2.12. The summed E-state index contributed by atoms with van der Waals surface area (Å²) >= 11 is 0. The van der Waals surface area contributed by atoms with Crippen molar-refractivity contribution in [1.82, 2.24) is 19.5 Å². The van der Waals surface area contributed by atoms with Gasteiger partial charge in [-0.3, -0.25) is 4.40 Å². The molecule has 5 nitrogen and oxygen atoms in total. The van der Waals surface area contributed by atoms with Crippen molar-refractivity contribution in [3.8, 4) is 5.75 Å². The van der Waals surface area contributed by atoms with Gasteiger partial charge in [-0.05, 0) is 38.1 Å². The average molecular weight is 246 g/mol. The van der Waals surface area contributed by atoms with Crippen molar-refractivity contribution < 1.29 is 5.11 Å². The number of piperidine rings is 1. The molecule has 1 fully saturated rings. The molecule has 5 heteroatoms. The predicted octanol–water partition coefficient (Wildman–Crippen LogP) is 1.46. The van der Waals surface area contributed by atoms with Crippen molar-refractivity contribution in [3.63, 3.8) is 0 Å². The van der Waals surface area contributed by atoms with Crippen molar-refractivity contribution in [2.75, 3.05) is 19.6 Å². The van der Waals surface area contributed by atoms with Crippen molar-refractivity contribution in [3.05, 3.63) is 24.2 Å². The average Bonchev–Trinajstić information content (AvgIpc) is 2.82. The Kier molecular flexibility index (Phi) is 3.15. The first-order valence-electron chi connectivity index (χ1n) is 6.58. The van der Waals surface area contributed by atoms with Crippen molar-refractivity contribution in [2.24, 2.45) is 0 Å². The number of nitrogens with zero attached hydrogens (tertiary/aromatic N) is 4. The molecule has 0 spiro atoms. The zero-order valence-corrected chi connectivity index (χ0v) is 10.4. The second-order valence-corrected chi connectivity index (χ2v) is 4.86. The summed E-state index contributed by atoms with van der Waals surface area (Å²) in [7, 11) is 0. The minimum Gasteiger partial charge on any atom is -0.504 e. The molecule has 96 valence electrons. The van der Waals surface area contributed by atoms with Crippen LogP contribution < -0.4 is 0 Å². The van der Waals surface area contributed by atoms with E-state index in [1.807, 2.05) is 16.7 Å². The summed E-state index contributed by atoms with van der Waals surface area (Å²) in [6.45, 7) is 3.42. The summed E-state index contributed by atoms with van der Waals surface area (Å²) in [5, 5.41) is 17.9. The fourth-order valence-electron chi connectivity index (χ4n) is 2.56. The maximum atomic E-state index is 9.67. The van der Waals surface area contributed by atoms with Crippen LogP contribution in [0.4, 0.5) is 0 Å². The molecule has 0 atom stereocenters. The Morgan fingerprint density at radius 3 is 2.83 bits per heavy atom. The van der Waals surface area contributed by atoms with E-state index in [1.54, 1.807) is 6.07 Å². The van der Waals surface area contributed by atoms with Crippen LogP contribution in [0.3, 0.4) is 0 Å². The second kappa shape index (κ2) is 4.94. The van der Waals surface area contributed by atoms with Crippen LogP contribution in [-0.4, -0.2) is 44.2 Å². The lowest BCUT2D eigenvalue weighted by Crippen LogP contribution is -2.31. The van der Waals surface area contributed by atoms with Crippen molar-refractivity contribution >= 4 is 5.65 Å². The van der Waals surface area contributed by atoms with Crippen LogP contribution in [0, 0.1) is 0 Å². The molecule has 2 aromatic rings. The first-order valence-corrected chi connectivity index (χ1v) is 6.58. The molecule has 18 heavy (non-hydrogen) atoms. The van der Waals surface area contributed by atoms with Gasteiger partial charge in [-0.1, -0.05) is 6.42 Å². The highest BCUT2D eigenvalue weighted by atomic mass is 16.3. The largest absolute Gasteiger partial charge is 0.504 e. The predicted molar refractivity (Wildman–Crippen MR) is 68.6 cm³/mol. The Labute approximate surface area is 106 Å². The topological polar surface area (TPSA) is 53.7 Å². The second-order valence-electron chi connectivity index (χ2n) is 4.86. The molecule has 1 N–H and O–H groups in total. The highest BCUT2D eigenvalue weighted by molar-refractivity contribution is 5.51. The summed E-state index contributed by atoms with van der Waals surface area (Å²) in [6.07, 6.45) is 6.76. The van der Waals surface area contributed by atoms with Gasteiger partial charge in [0.15, 0.2) is 5.75 Å². The zero-order chi connectivity index (χ0) is 12.4. The minimum absolute atomic E-state index is 0.189. The SMILES string of the molecule is Oc1cccn2c(CCN3CCCCC3)nnc12. The third-order valence-corrected chi connectivity index (χ3v) is 3.59. The number of likely N-dealkylation sites (tertiary alicyclic amines) is 1. The van der Waals surface area contributed by atoms with E-state index in [4.69, 9.17) is 0 Å². The molecular weight excluding hydrogens is 228 g/mol. The van der Waals surface area contributed by atoms with Crippen LogP contribution >= 0.6 is 0 Å². The Morgan fingerprint density at radius 2 is 2.00 bits per heavy atom. The Bertz CT molecular complexity index is 531. The Morgan fingerprint density at radius 1 is 1.17 bits per heavy atom. The van der Waals surface area contributed by atoms with Crippen molar-refractivity contribution in [1.29, 1.82) is 0 Å². The smallest absolute Gasteiger partial charge is 0.203 e. The molecular formula is C13H18N4O. The Hall–Kier alpha value is -1.62. The lowest BCUT2D eigenvalue weighted by atomic mass is 10.1. The van der Waals surface area contributed by atoms with Crippen LogP contribution in [0.2, 0.25) is 0 Å². The van der Waals surface area contributed by atoms with Gasteiger partial charge >= 0.3 is 0 Å². The number of fused-ring (bicyclic) bond motifs is 1. The summed E-state index contributed by atoms with van der Waals surface area (Å²) in [4.78, 5) is 2.48. The summed E-state index contributed by atoms with van der Waals surface area (Å²) < 4.78 is 1.87. The summed E-state index contributed by atoms with van der Waals surface area (Å²) in [6, 6.07) is 3.45. The summed E-state index contributed by atoms with van der Waals surface area (Å²) in [5.41, 5.74) is 0.547. The van der Waals surface area contributed by atoms with Gasteiger partial charge < -0.3 is 10.0 Å². The van der Waals surface area contributed by atoms with E-state index in [1.165, 1.54) is 32.4 Å². The quantitative estimate of drug-likeness (QED) is 0.891. The molecule has 1 aliphatic heterocycles. The normalized spacial score (nSPS) is 17.3. The van der Waals surface area contributed by atoms with Gasteiger partial charge in [0.05, 0.1) is 0 Å². The zero-order valence-electron chi connectivity index (χ0n) is 10.4. The van der Waals surface area contributed by atoms with Gasteiger partial charge in [0.1, 0.15) is 5.82 Å². The van der Waals surface area contributed by atoms with Crippen LogP contribution in [-0.2, 0) is 6.42 Å². The maximum Gasteiger partial charge on any atom is 0.203 e. The van der Waals surface area contributed by atoms with Gasteiger partial charge in [0, 0.05) is 19.2 Å². The third kappa shape index (κ3) is 2.18. The molecule has 0 aliphatic carbocycles. The first kappa shape index (κ1) is 11.5.